The van der Waals surface area contributed by atoms with Gasteiger partial charge in [0.1, 0.15) is 0 Å². The molecule has 0 aliphatic rings. The van der Waals surface area contributed by atoms with Crippen LogP contribution in [-0.4, -0.2) is 37.2 Å². The van der Waals surface area contributed by atoms with Gasteiger partial charge in [0.05, 0.1) is 13.5 Å². The van der Waals surface area contributed by atoms with Crippen molar-refractivity contribution in [2.24, 2.45) is 0 Å². The fourth-order valence-corrected chi connectivity index (χ4v) is 1.39. The SMILES string of the molecule is COc1ccc(C(=O)NCCC(=O)O)cc1OC(F)F. The molecule has 1 amide bonds. The standard InChI is InChI=1S/C12H13F2NO5/c1-19-8-3-2-7(6-9(8)20-12(13)14)11(18)15-5-4-10(16)17/h2-3,6,12H,4-5H2,1H3,(H,15,18)(H,16,17). The van der Waals surface area contributed by atoms with Crippen LogP contribution in [-0.2, 0) is 4.79 Å². The maximum absolute atomic E-state index is 12.2. The van der Waals surface area contributed by atoms with Gasteiger partial charge in [-0.1, -0.05) is 0 Å². The lowest BCUT2D eigenvalue weighted by molar-refractivity contribution is -0.136. The monoisotopic (exact) mass is 289 g/mol. The van der Waals surface area contributed by atoms with E-state index in [2.05, 4.69) is 10.1 Å². The van der Waals surface area contributed by atoms with Gasteiger partial charge in [-0.3, -0.25) is 9.59 Å². The van der Waals surface area contributed by atoms with Crippen LogP contribution < -0.4 is 14.8 Å². The number of carboxylic acid groups (broad SMARTS) is 1. The molecule has 1 rings (SSSR count). The highest BCUT2D eigenvalue weighted by Gasteiger charge is 2.14. The number of carboxylic acids is 1. The average Bonchev–Trinajstić information content (AvgIpc) is 2.37. The lowest BCUT2D eigenvalue weighted by Crippen LogP contribution is -2.26. The average molecular weight is 289 g/mol. The Morgan fingerprint density at radius 3 is 2.60 bits per heavy atom. The van der Waals surface area contributed by atoms with Gasteiger partial charge in [-0.2, -0.15) is 8.78 Å². The number of alkyl halides is 2. The van der Waals surface area contributed by atoms with Crippen molar-refractivity contribution in [3.05, 3.63) is 23.8 Å². The minimum absolute atomic E-state index is 0.0619. The van der Waals surface area contributed by atoms with E-state index in [1.807, 2.05) is 0 Å². The number of benzene rings is 1. The number of halogens is 2. The molecule has 0 radical (unpaired) electrons. The minimum atomic E-state index is -3.05. The zero-order valence-electron chi connectivity index (χ0n) is 10.6. The van der Waals surface area contributed by atoms with E-state index in [9.17, 15) is 18.4 Å². The molecule has 20 heavy (non-hydrogen) atoms. The van der Waals surface area contributed by atoms with Gasteiger partial charge in [0.2, 0.25) is 0 Å². The molecule has 110 valence electrons. The maximum Gasteiger partial charge on any atom is 0.387 e. The van der Waals surface area contributed by atoms with Gasteiger partial charge in [0.15, 0.2) is 11.5 Å². The summed E-state index contributed by atoms with van der Waals surface area (Å²) in [5.41, 5.74) is 0.0619. The van der Waals surface area contributed by atoms with Crippen molar-refractivity contribution in [2.75, 3.05) is 13.7 Å². The van der Waals surface area contributed by atoms with Gasteiger partial charge in [-0.05, 0) is 18.2 Å². The summed E-state index contributed by atoms with van der Waals surface area (Å²) in [6.07, 6.45) is -0.234. The van der Waals surface area contributed by atoms with Crippen LogP contribution in [0.2, 0.25) is 0 Å². The van der Waals surface area contributed by atoms with E-state index in [1.165, 1.54) is 19.2 Å². The third kappa shape index (κ3) is 4.71. The zero-order valence-corrected chi connectivity index (χ0v) is 10.6. The molecule has 1 aromatic rings. The number of carbonyl (C=O) groups is 2. The van der Waals surface area contributed by atoms with Crippen LogP contribution in [0.15, 0.2) is 18.2 Å². The van der Waals surface area contributed by atoms with Gasteiger partial charge < -0.3 is 19.9 Å². The van der Waals surface area contributed by atoms with E-state index in [-0.39, 0.29) is 30.0 Å². The third-order valence-corrected chi connectivity index (χ3v) is 2.27. The predicted molar refractivity (Wildman–Crippen MR) is 64.2 cm³/mol. The van der Waals surface area contributed by atoms with Crippen molar-refractivity contribution in [3.8, 4) is 11.5 Å². The summed E-state index contributed by atoms with van der Waals surface area (Å²) in [7, 11) is 1.28. The van der Waals surface area contributed by atoms with E-state index in [4.69, 9.17) is 9.84 Å². The molecule has 0 aromatic heterocycles. The Bertz CT molecular complexity index is 493. The van der Waals surface area contributed by atoms with Crippen molar-refractivity contribution >= 4 is 11.9 Å². The Kier molecular flexibility index (Phi) is 5.70. The molecule has 0 spiro atoms. The molecule has 6 nitrogen and oxygen atoms in total. The highest BCUT2D eigenvalue weighted by atomic mass is 19.3. The maximum atomic E-state index is 12.2. The predicted octanol–water partition coefficient (Wildman–Crippen LogP) is 1.50. The molecular formula is C12H13F2NO5. The van der Waals surface area contributed by atoms with Crippen molar-refractivity contribution in [3.63, 3.8) is 0 Å². The fraction of sp³-hybridized carbons (Fsp3) is 0.333. The molecule has 0 aliphatic heterocycles. The molecule has 0 aliphatic carbocycles. The van der Waals surface area contributed by atoms with Crippen molar-refractivity contribution in [1.82, 2.24) is 5.32 Å². The Balaban J connectivity index is 2.79. The summed E-state index contributed by atoms with van der Waals surface area (Å²) in [5, 5.41) is 10.8. The van der Waals surface area contributed by atoms with Crippen LogP contribution in [0, 0.1) is 0 Å². The Morgan fingerprint density at radius 1 is 1.35 bits per heavy atom. The Hall–Kier alpha value is -2.38. The number of amides is 1. The van der Waals surface area contributed by atoms with Crippen LogP contribution in [0.1, 0.15) is 16.8 Å². The number of rotatable bonds is 7. The molecule has 0 atom stereocenters. The number of hydrogen-bond acceptors (Lipinski definition) is 4. The van der Waals surface area contributed by atoms with E-state index in [1.54, 1.807) is 0 Å². The lowest BCUT2D eigenvalue weighted by atomic mass is 10.2. The molecule has 0 bridgehead atoms. The van der Waals surface area contributed by atoms with Crippen LogP contribution >= 0.6 is 0 Å². The minimum Gasteiger partial charge on any atom is -0.493 e. The second-order valence-corrected chi connectivity index (χ2v) is 3.64. The molecule has 8 heteroatoms. The summed E-state index contributed by atoms with van der Waals surface area (Å²) in [4.78, 5) is 22.0. The fourth-order valence-electron chi connectivity index (χ4n) is 1.39. The Labute approximate surface area is 113 Å². The molecule has 0 unspecified atom stereocenters. The van der Waals surface area contributed by atoms with Crippen LogP contribution in [0.5, 0.6) is 11.5 Å². The quantitative estimate of drug-likeness (QED) is 0.794. The van der Waals surface area contributed by atoms with Gasteiger partial charge in [0.25, 0.3) is 5.91 Å². The first kappa shape index (κ1) is 15.7. The summed E-state index contributed by atoms with van der Waals surface area (Å²) in [5.74, 6) is -1.85. The summed E-state index contributed by atoms with van der Waals surface area (Å²) in [6, 6.07) is 3.76. The number of methoxy groups -OCH3 is 1. The highest BCUT2D eigenvalue weighted by molar-refractivity contribution is 5.95. The van der Waals surface area contributed by atoms with Crippen molar-refractivity contribution in [1.29, 1.82) is 0 Å². The largest absolute Gasteiger partial charge is 0.493 e. The smallest absolute Gasteiger partial charge is 0.387 e. The van der Waals surface area contributed by atoms with E-state index in [0.717, 1.165) is 6.07 Å². The second kappa shape index (κ2) is 7.27. The summed E-state index contributed by atoms with van der Waals surface area (Å²) in [6.45, 7) is -3.11. The first-order valence-corrected chi connectivity index (χ1v) is 5.57. The first-order chi connectivity index (χ1) is 9.43. The number of nitrogens with one attached hydrogen (secondary N) is 1. The van der Waals surface area contributed by atoms with Gasteiger partial charge in [0, 0.05) is 12.1 Å². The highest BCUT2D eigenvalue weighted by Crippen LogP contribution is 2.29. The number of hydrogen-bond donors (Lipinski definition) is 2. The van der Waals surface area contributed by atoms with E-state index in [0.29, 0.717) is 0 Å². The molecule has 0 saturated heterocycles. The normalized spacial score (nSPS) is 10.2. The van der Waals surface area contributed by atoms with Crippen molar-refractivity contribution in [2.45, 2.75) is 13.0 Å². The number of ether oxygens (including phenoxy) is 2. The lowest BCUT2D eigenvalue weighted by Gasteiger charge is -2.11. The molecule has 0 saturated carbocycles. The molecule has 1 aromatic carbocycles. The molecule has 0 fully saturated rings. The van der Waals surface area contributed by atoms with Gasteiger partial charge >= 0.3 is 12.6 Å². The van der Waals surface area contributed by atoms with Gasteiger partial charge in [-0.25, -0.2) is 0 Å². The molecule has 0 heterocycles. The van der Waals surface area contributed by atoms with Crippen LogP contribution in [0.3, 0.4) is 0 Å². The number of aliphatic carboxylic acids is 1. The molecule has 2 N–H and O–H groups in total. The van der Waals surface area contributed by atoms with Gasteiger partial charge in [-0.15, -0.1) is 0 Å². The van der Waals surface area contributed by atoms with Crippen LogP contribution in [0.4, 0.5) is 8.78 Å². The molecular weight excluding hydrogens is 276 g/mol. The van der Waals surface area contributed by atoms with Crippen molar-refractivity contribution < 1.29 is 33.0 Å². The van der Waals surface area contributed by atoms with E-state index < -0.39 is 18.5 Å². The summed E-state index contributed by atoms with van der Waals surface area (Å²) >= 11 is 0. The second-order valence-electron chi connectivity index (χ2n) is 3.64. The first-order valence-electron chi connectivity index (χ1n) is 5.57. The number of carbonyl (C=O) groups excluding carboxylic acids is 1. The Morgan fingerprint density at radius 2 is 2.05 bits per heavy atom. The van der Waals surface area contributed by atoms with Crippen LogP contribution in [0.25, 0.3) is 0 Å². The summed E-state index contributed by atoms with van der Waals surface area (Å²) < 4.78 is 33.5. The third-order valence-electron chi connectivity index (χ3n) is 2.27. The zero-order chi connectivity index (χ0) is 15.1. The topological polar surface area (TPSA) is 84.9 Å². The van der Waals surface area contributed by atoms with E-state index >= 15 is 0 Å².